The molecule has 0 aliphatic rings. The molecule has 0 saturated carbocycles. The third kappa shape index (κ3) is 3.71. The van der Waals surface area contributed by atoms with Crippen LogP contribution in [0.1, 0.15) is 0 Å². The fourth-order valence-corrected chi connectivity index (χ4v) is 8.53. The van der Waals surface area contributed by atoms with E-state index < -0.39 is 0 Å². The summed E-state index contributed by atoms with van der Waals surface area (Å²) in [6.07, 6.45) is 1.87. The van der Waals surface area contributed by atoms with Crippen molar-refractivity contribution in [1.29, 1.82) is 0 Å². The molecule has 12 aromatic rings. The summed E-state index contributed by atoms with van der Waals surface area (Å²) in [5.41, 5.74) is 12.6. The van der Waals surface area contributed by atoms with Crippen LogP contribution in [-0.4, -0.2) is 9.55 Å². The Kier molecular flexibility index (Phi) is 5.20. The maximum Gasteiger partial charge on any atom is 0.136 e. The molecule has 0 fully saturated rings. The Balaban J connectivity index is 1.02. The van der Waals surface area contributed by atoms with Crippen molar-refractivity contribution in [2.24, 2.45) is 0 Å². The van der Waals surface area contributed by atoms with Crippen LogP contribution in [-0.2, 0) is 0 Å². The maximum absolute atomic E-state index is 6.28. The van der Waals surface area contributed by atoms with Crippen LogP contribution in [0.25, 0.3) is 115 Å². The predicted molar refractivity (Wildman–Crippen MR) is 210 cm³/mol. The monoisotopic (exact) mass is 650 g/mol. The van der Waals surface area contributed by atoms with Crippen molar-refractivity contribution >= 4 is 87.4 Å². The topological polar surface area (TPSA) is 44.1 Å². The van der Waals surface area contributed by atoms with Crippen LogP contribution in [0.5, 0.6) is 0 Å². The first kappa shape index (κ1) is 27.0. The molecule has 0 bridgehead atoms. The van der Waals surface area contributed by atoms with Crippen LogP contribution >= 0.6 is 0 Å². The van der Waals surface area contributed by atoms with E-state index in [-0.39, 0.29) is 0 Å². The minimum atomic E-state index is 0.875. The van der Waals surface area contributed by atoms with Crippen LogP contribution in [0.15, 0.2) is 167 Å². The highest BCUT2D eigenvalue weighted by Crippen LogP contribution is 2.44. The van der Waals surface area contributed by atoms with E-state index in [1.807, 2.05) is 24.4 Å². The summed E-state index contributed by atoms with van der Waals surface area (Å²) in [4.78, 5) is 4.84. The number of hydrogen-bond donors (Lipinski definition) is 0. The molecule has 0 atom stereocenters. The molecule has 4 heterocycles. The van der Waals surface area contributed by atoms with Crippen molar-refractivity contribution < 1.29 is 8.83 Å². The van der Waals surface area contributed by atoms with Gasteiger partial charge in [-0.1, -0.05) is 84.9 Å². The molecule has 0 aliphatic carbocycles. The number of pyridine rings is 1. The van der Waals surface area contributed by atoms with Crippen molar-refractivity contribution in [2.75, 3.05) is 0 Å². The number of rotatable bonds is 3. The molecular weight excluding hydrogens is 625 g/mol. The first-order valence-electron chi connectivity index (χ1n) is 17.3. The largest absolute Gasteiger partial charge is 0.456 e. The Morgan fingerprint density at radius 1 is 0.373 bits per heavy atom. The van der Waals surface area contributed by atoms with Gasteiger partial charge in [-0.15, -0.1) is 0 Å². The van der Waals surface area contributed by atoms with E-state index in [4.69, 9.17) is 13.8 Å². The van der Waals surface area contributed by atoms with Gasteiger partial charge in [-0.25, -0.2) is 0 Å². The Labute approximate surface area is 290 Å². The molecule has 12 rings (SSSR count). The highest BCUT2D eigenvalue weighted by atomic mass is 16.3. The van der Waals surface area contributed by atoms with Gasteiger partial charge in [-0.05, 0) is 111 Å². The molecule has 0 spiro atoms. The predicted octanol–water partition coefficient (Wildman–Crippen LogP) is 13.1. The number of benzene rings is 8. The molecule has 4 aromatic heterocycles. The second-order valence-electron chi connectivity index (χ2n) is 13.5. The Bertz CT molecular complexity index is 3380. The molecule has 4 heteroatoms. The van der Waals surface area contributed by atoms with Gasteiger partial charge in [0.05, 0.1) is 16.6 Å². The molecule has 8 aromatic carbocycles. The Morgan fingerprint density at radius 3 is 1.88 bits per heavy atom. The van der Waals surface area contributed by atoms with E-state index in [0.29, 0.717) is 0 Å². The number of para-hydroxylation sites is 1. The summed E-state index contributed by atoms with van der Waals surface area (Å²) in [5, 5.41) is 10.7. The van der Waals surface area contributed by atoms with E-state index in [0.717, 1.165) is 71.9 Å². The van der Waals surface area contributed by atoms with Gasteiger partial charge in [-0.2, -0.15) is 0 Å². The molecule has 0 saturated heterocycles. The number of nitrogens with zero attached hydrogens (tertiary/aromatic N) is 2. The Morgan fingerprint density at radius 2 is 1.04 bits per heavy atom. The first-order chi connectivity index (χ1) is 25.3. The zero-order valence-electron chi connectivity index (χ0n) is 27.2. The minimum absolute atomic E-state index is 0.875. The van der Waals surface area contributed by atoms with Crippen LogP contribution < -0.4 is 0 Å². The van der Waals surface area contributed by atoms with Gasteiger partial charge in [0.1, 0.15) is 22.3 Å². The summed E-state index contributed by atoms with van der Waals surface area (Å²) >= 11 is 0. The second kappa shape index (κ2) is 9.84. The molecule has 236 valence electrons. The third-order valence-corrected chi connectivity index (χ3v) is 10.8. The average Bonchev–Trinajstić information content (AvgIpc) is 3.86. The van der Waals surface area contributed by atoms with Crippen LogP contribution in [0.2, 0.25) is 0 Å². The van der Waals surface area contributed by atoms with Crippen molar-refractivity contribution in [3.63, 3.8) is 0 Å². The molecule has 4 nitrogen and oxygen atoms in total. The van der Waals surface area contributed by atoms with E-state index in [1.165, 1.54) is 43.4 Å². The van der Waals surface area contributed by atoms with Crippen molar-refractivity contribution in [3.05, 3.63) is 158 Å². The first-order valence-corrected chi connectivity index (χ1v) is 17.3. The zero-order chi connectivity index (χ0) is 33.2. The molecule has 0 N–H and O–H groups in total. The lowest BCUT2D eigenvalue weighted by atomic mass is 9.91. The van der Waals surface area contributed by atoms with Gasteiger partial charge in [0.2, 0.25) is 0 Å². The summed E-state index contributed by atoms with van der Waals surface area (Å²) in [6, 6.07) is 54.2. The summed E-state index contributed by atoms with van der Waals surface area (Å²) in [7, 11) is 0. The number of furan rings is 2. The molecule has 51 heavy (non-hydrogen) atoms. The SMILES string of the molecule is c1cc(-c2cccc(-n3c4cc5c(cc4c4ncccc43)oc3ccccc35)c2)cc(-c2ccc3c(c2)c2cccc4oc5cccc3c5c42)c1. The lowest BCUT2D eigenvalue weighted by Gasteiger charge is -2.12. The van der Waals surface area contributed by atoms with Crippen molar-refractivity contribution in [1.82, 2.24) is 9.55 Å². The lowest BCUT2D eigenvalue weighted by molar-refractivity contribution is 0.669. The van der Waals surface area contributed by atoms with Gasteiger partial charge < -0.3 is 13.4 Å². The molecule has 0 radical (unpaired) electrons. The summed E-state index contributed by atoms with van der Waals surface area (Å²) in [6.45, 7) is 0. The highest BCUT2D eigenvalue weighted by Gasteiger charge is 2.19. The fourth-order valence-electron chi connectivity index (χ4n) is 8.53. The van der Waals surface area contributed by atoms with Gasteiger partial charge in [0, 0.05) is 38.8 Å². The standard InChI is InChI=1S/C47H26N2O2/c1-2-16-41-33(12-1)37-25-40-38(26-44(37)50-41)47-39(15-7-21-48-47)49(40)31-11-4-10-29(23-31)27-8-3-9-28(22-27)30-19-20-32-34-13-5-17-42-45(34)46-35(36(32)24-30)14-6-18-43(46)51-42/h1-26H. The van der Waals surface area contributed by atoms with E-state index >= 15 is 0 Å². The smallest absolute Gasteiger partial charge is 0.136 e. The van der Waals surface area contributed by atoms with E-state index in [2.05, 4.69) is 138 Å². The number of fused-ring (bicyclic) bond motifs is 9. The van der Waals surface area contributed by atoms with Crippen molar-refractivity contribution in [2.45, 2.75) is 0 Å². The minimum Gasteiger partial charge on any atom is -0.456 e. The molecule has 0 unspecified atom stereocenters. The fraction of sp³-hybridized carbons (Fsp3) is 0. The van der Waals surface area contributed by atoms with E-state index in [1.54, 1.807) is 0 Å². The van der Waals surface area contributed by atoms with Crippen LogP contribution in [0.3, 0.4) is 0 Å². The molecule has 0 amide bonds. The number of aromatic nitrogens is 2. The lowest BCUT2D eigenvalue weighted by Crippen LogP contribution is -1.94. The Hall–Kier alpha value is -6.91. The molecule has 0 aliphatic heterocycles. The highest BCUT2D eigenvalue weighted by molar-refractivity contribution is 6.33. The van der Waals surface area contributed by atoms with Gasteiger partial charge in [0.15, 0.2) is 0 Å². The maximum atomic E-state index is 6.28. The summed E-state index contributed by atoms with van der Waals surface area (Å²) in [5.74, 6) is 0. The summed E-state index contributed by atoms with van der Waals surface area (Å²) < 4.78 is 14.9. The van der Waals surface area contributed by atoms with Crippen LogP contribution in [0, 0.1) is 0 Å². The van der Waals surface area contributed by atoms with Gasteiger partial charge in [0.25, 0.3) is 0 Å². The quantitative estimate of drug-likeness (QED) is 0.179. The average molecular weight is 651 g/mol. The second-order valence-corrected chi connectivity index (χ2v) is 13.5. The van der Waals surface area contributed by atoms with Crippen molar-refractivity contribution in [3.8, 4) is 27.9 Å². The number of hydrogen-bond acceptors (Lipinski definition) is 3. The van der Waals surface area contributed by atoms with Gasteiger partial charge in [-0.3, -0.25) is 4.98 Å². The zero-order valence-corrected chi connectivity index (χ0v) is 27.2. The normalized spacial score (nSPS) is 12.3. The van der Waals surface area contributed by atoms with Gasteiger partial charge >= 0.3 is 0 Å². The van der Waals surface area contributed by atoms with Crippen LogP contribution in [0.4, 0.5) is 0 Å². The molecular formula is C47H26N2O2. The third-order valence-electron chi connectivity index (χ3n) is 10.8. The van der Waals surface area contributed by atoms with E-state index in [9.17, 15) is 0 Å².